The summed E-state index contributed by atoms with van der Waals surface area (Å²) >= 11 is 0. The van der Waals surface area contributed by atoms with Gasteiger partial charge in [-0.15, -0.1) is 0 Å². The average molecular weight is 184 g/mol. The van der Waals surface area contributed by atoms with Crippen LogP contribution in [0.25, 0.3) is 6.08 Å². The molecule has 1 aliphatic carbocycles. The second-order valence-corrected chi connectivity index (χ2v) is 4.26. The Labute approximate surface area is 86.0 Å². The lowest BCUT2D eigenvalue weighted by Gasteiger charge is -2.05. The molecule has 0 nitrogen and oxygen atoms in total. The number of hydrogen-bond acceptors (Lipinski definition) is 0. The number of allylic oxidation sites excluding steroid dienone is 3. The van der Waals surface area contributed by atoms with E-state index >= 15 is 0 Å². The highest BCUT2D eigenvalue weighted by atomic mass is 14.1. The molecule has 0 fully saturated rings. The normalized spacial score (nSPS) is 15.4. The lowest BCUT2D eigenvalue weighted by atomic mass is 10.00. The molecule has 1 aromatic rings. The van der Waals surface area contributed by atoms with Gasteiger partial charge >= 0.3 is 0 Å². The largest absolute Gasteiger partial charge is 0.0687 e. The second kappa shape index (κ2) is 3.45. The van der Waals surface area contributed by atoms with E-state index in [2.05, 4.69) is 51.1 Å². The zero-order chi connectivity index (χ0) is 10.1. The summed E-state index contributed by atoms with van der Waals surface area (Å²) < 4.78 is 0. The van der Waals surface area contributed by atoms with Gasteiger partial charge in [0.15, 0.2) is 0 Å². The Bertz CT molecular complexity index is 420. The first-order valence-electron chi connectivity index (χ1n) is 5.10. The van der Waals surface area contributed by atoms with Crippen LogP contribution >= 0.6 is 0 Å². The number of hydrogen-bond donors (Lipinski definition) is 0. The first-order chi connectivity index (χ1) is 6.65. The SMILES string of the molecule is CC1=Cc2ccc(C)cc2CC(C)=C1. The molecular weight excluding hydrogens is 168 g/mol. The Balaban J connectivity index is 2.56. The van der Waals surface area contributed by atoms with Crippen molar-refractivity contribution in [1.82, 2.24) is 0 Å². The predicted octanol–water partition coefficient (Wildman–Crippen LogP) is 3.90. The van der Waals surface area contributed by atoms with Crippen molar-refractivity contribution < 1.29 is 0 Å². The van der Waals surface area contributed by atoms with Crippen LogP contribution in [-0.2, 0) is 6.42 Å². The van der Waals surface area contributed by atoms with Gasteiger partial charge in [0.1, 0.15) is 0 Å². The minimum absolute atomic E-state index is 1.09. The van der Waals surface area contributed by atoms with Crippen molar-refractivity contribution in [1.29, 1.82) is 0 Å². The Morgan fingerprint density at radius 1 is 1.00 bits per heavy atom. The minimum atomic E-state index is 1.09. The van der Waals surface area contributed by atoms with E-state index in [4.69, 9.17) is 0 Å². The van der Waals surface area contributed by atoms with E-state index < -0.39 is 0 Å². The average Bonchev–Trinajstić information content (AvgIpc) is 2.21. The third-order valence-electron chi connectivity index (χ3n) is 2.63. The van der Waals surface area contributed by atoms with Crippen molar-refractivity contribution in [3.8, 4) is 0 Å². The standard InChI is InChI=1S/C14H16/c1-10-4-5-13-8-11(2)6-12(3)9-14(13)7-10/h4-8H,9H2,1-3H3. The molecule has 0 spiro atoms. The van der Waals surface area contributed by atoms with Gasteiger partial charge in [0.25, 0.3) is 0 Å². The lowest BCUT2D eigenvalue weighted by molar-refractivity contribution is 1.13. The van der Waals surface area contributed by atoms with Crippen LogP contribution in [0.5, 0.6) is 0 Å². The number of rotatable bonds is 0. The highest BCUT2D eigenvalue weighted by Gasteiger charge is 2.05. The van der Waals surface area contributed by atoms with E-state index in [1.165, 1.54) is 27.8 Å². The van der Waals surface area contributed by atoms with E-state index in [9.17, 15) is 0 Å². The molecule has 0 radical (unpaired) electrons. The van der Waals surface area contributed by atoms with Gasteiger partial charge in [0.05, 0.1) is 0 Å². The van der Waals surface area contributed by atoms with Gasteiger partial charge in [-0.3, -0.25) is 0 Å². The van der Waals surface area contributed by atoms with Crippen LogP contribution in [0.2, 0.25) is 0 Å². The Morgan fingerprint density at radius 2 is 1.79 bits per heavy atom. The Morgan fingerprint density at radius 3 is 2.57 bits per heavy atom. The van der Waals surface area contributed by atoms with Crippen LogP contribution in [0.1, 0.15) is 30.5 Å². The van der Waals surface area contributed by atoms with Crippen LogP contribution in [0.3, 0.4) is 0 Å². The van der Waals surface area contributed by atoms with Crippen molar-refractivity contribution in [2.75, 3.05) is 0 Å². The van der Waals surface area contributed by atoms with E-state index in [-0.39, 0.29) is 0 Å². The number of benzene rings is 1. The smallest absolute Gasteiger partial charge is 0.00606 e. The first kappa shape index (κ1) is 9.26. The van der Waals surface area contributed by atoms with Crippen molar-refractivity contribution in [2.24, 2.45) is 0 Å². The monoisotopic (exact) mass is 184 g/mol. The van der Waals surface area contributed by atoms with Crippen LogP contribution in [0.15, 0.2) is 35.4 Å². The first-order valence-corrected chi connectivity index (χ1v) is 5.10. The molecular formula is C14H16. The topological polar surface area (TPSA) is 0 Å². The fourth-order valence-electron chi connectivity index (χ4n) is 2.06. The molecule has 0 amide bonds. The van der Waals surface area contributed by atoms with Crippen molar-refractivity contribution in [2.45, 2.75) is 27.2 Å². The summed E-state index contributed by atoms with van der Waals surface area (Å²) in [5.74, 6) is 0. The summed E-state index contributed by atoms with van der Waals surface area (Å²) in [6.07, 6.45) is 5.63. The molecule has 1 aromatic carbocycles. The van der Waals surface area contributed by atoms with E-state index in [1.54, 1.807) is 0 Å². The molecule has 0 saturated carbocycles. The van der Waals surface area contributed by atoms with Crippen LogP contribution in [-0.4, -0.2) is 0 Å². The predicted molar refractivity (Wildman–Crippen MR) is 62.3 cm³/mol. The molecule has 2 rings (SSSR count). The van der Waals surface area contributed by atoms with E-state index in [1.807, 2.05) is 0 Å². The van der Waals surface area contributed by atoms with Crippen molar-refractivity contribution in [3.05, 3.63) is 52.1 Å². The second-order valence-electron chi connectivity index (χ2n) is 4.26. The number of aryl methyl sites for hydroxylation is 1. The molecule has 0 saturated heterocycles. The third kappa shape index (κ3) is 1.79. The van der Waals surface area contributed by atoms with Gasteiger partial charge in [-0.05, 0) is 38.3 Å². The van der Waals surface area contributed by atoms with Crippen molar-refractivity contribution >= 4 is 6.08 Å². The van der Waals surface area contributed by atoms with Gasteiger partial charge in [-0.2, -0.15) is 0 Å². The zero-order valence-corrected chi connectivity index (χ0v) is 9.09. The van der Waals surface area contributed by atoms with Gasteiger partial charge in [-0.1, -0.05) is 47.1 Å². The molecule has 72 valence electrons. The van der Waals surface area contributed by atoms with Crippen molar-refractivity contribution in [3.63, 3.8) is 0 Å². The van der Waals surface area contributed by atoms with Gasteiger partial charge in [0, 0.05) is 0 Å². The third-order valence-corrected chi connectivity index (χ3v) is 2.63. The number of fused-ring (bicyclic) bond motifs is 1. The van der Waals surface area contributed by atoms with Crippen LogP contribution in [0.4, 0.5) is 0 Å². The molecule has 0 bridgehead atoms. The fraction of sp³-hybridized carbons (Fsp3) is 0.286. The summed E-state index contributed by atoms with van der Waals surface area (Å²) in [6, 6.07) is 6.70. The zero-order valence-electron chi connectivity index (χ0n) is 9.09. The van der Waals surface area contributed by atoms with Crippen LogP contribution < -0.4 is 0 Å². The molecule has 0 unspecified atom stereocenters. The maximum Gasteiger partial charge on any atom is -0.00606 e. The molecule has 1 aliphatic rings. The maximum absolute atomic E-state index is 2.29. The maximum atomic E-state index is 2.29. The molecule has 0 aliphatic heterocycles. The molecule has 0 atom stereocenters. The summed E-state index contributed by atoms with van der Waals surface area (Å²) in [6.45, 7) is 6.52. The molecule has 14 heavy (non-hydrogen) atoms. The lowest BCUT2D eigenvalue weighted by Crippen LogP contribution is -1.90. The van der Waals surface area contributed by atoms with E-state index in [0.29, 0.717) is 0 Å². The van der Waals surface area contributed by atoms with Crippen LogP contribution in [0, 0.1) is 6.92 Å². The summed E-state index contributed by atoms with van der Waals surface area (Å²) in [5.41, 5.74) is 6.98. The summed E-state index contributed by atoms with van der Waals surface area (Å²) in [4.78, 5) is 0. The molecule has 0 heterocycles. The quantitative estimate of drug-likeness (QED) is 0.573. The Kier molecular flexibility index (Phi) is 2.28. The van der Waals surface area contributed by atoms with Gasteiger partial charge in [0.2, 0.25) is 0 Å². The van der Waals surface area contributed by atoms with Gasteiger partial charge in [-0.25, -0.2) is 0 Å². The molecule has 0 N–H and O–H groups in total. The summed E-state index contributed by atoms with van der Waals surface area (Å²) in [7, 11) is 0. The highest BCUT2D eigenvalue weighted by Crippen LogP contribution is 2.23. The minimum Gasteiger partial charge on any atom is -0.0687 e. The highest BCUT2D eigenvalue weighted by molar-refractivity contribution is 5.62. The fourth-order valence-corrected chi connectivity index (χ4v) is 2.06. The summed E-state index contributed by atoms with van der Waals surface area (Å²) in [5, 5.41) is 0. The van der Waals surface area contributed by atoms with E-state index in [0.717, 1.165) is 6.42 Å². The Hall–Kier alpha value is -1.30. The molecule has 0 heteroatoms. The molecule has 0 aromatic heterocycles. The van der Waals surface area contributed by atoms with Gasteiger partial charge < -0.3 is 0 Å².